The second kappa shape index (κ2) is 9.33. The topological polar surface area (TPSA) is 15.3 Å². The summed E-state index contributed by atoms with van der Waals surface area (Å²) in [5.74, 6) is 0. The molecular weight excluding hydrogens is 426 g/mol. The molecule has 4 heteroatoms. The van der Waals surface area contributed by atoms with E-state index in [1.807, 2.05) is 7.05 Å². The minimum Gasteiger partial charge on any atom is -0.320 e. The van der Waals surface area contributed by atoms with E-state index in [4.69, 9.17) is 0 Å². The van der Waals surface area contributed by atoms with Gasteiger partial charge < -0.3 is 10.2 Å². The van der Waals surface area contributed by atoms with Crippen molar-refractivity contribution in [2.45, 2.75) is 32.7 Å². The predicted molar refractivity (Wildman–Crippen MR) is 91.1 cm³/mol. The molecule has 0 fully saturated rings. The highest BCUT2D eigenvalue weighted by Crippen LogP contribution is 2.31. The van der Waals surface area contributed by atoms with Gasteiger partial charge in [0, 0.05) is 14.9 Å². The van der Waals surface area contributed by atoms with Crippen LogP contribution in [0.5, 0.6) is 0 Å². The third-order valence-electron chi connectivity index (χ3n) is 3.35. The second-order valence-electron chi connectivity index (χ2n) is 4.95. The highest BCUT2D eigenvalue weighted by atomic mass is 127. The first-order chi connectivity index (χ1) is 7.51. The number of halogens is 2. The number of nitrogens with one attached hydrogen (secondary N) is 1. The first-order valence-electron chi connectivity index (χ1n) is 5.98. The van der Waals surface area contributed by atoms with Crippen LogP contribution in [-0.4, -0.2) is 47.0 Å². The fourth-order valence-electron chi connectivity index (χ4n) is 1.49. The first-order valence-corrected chi connectivity index (χ1v) is 9.03. The zero-order valence-corrected chi connectivity index (χ0v) is 15.3. The maximum atomic E-state index is 3.28. The average Bonchev–Trinajstić information content (AvgIpc) is 2.29. The van der Waals surface area contributed by atoms with Crippen LogP contribution in [0.15, 0.2) is 0 Å². The zero-order chi connectivity index (χ0) is 12.6. The Balaban J connectivity index is 4.20. The molecule has 0 unspecified atom stereocenters. The van der Waals surface area contributed by atoms with Gasteiger partial charge in [-0.15, -0.1) is 0 Å². The molecule has 0 aliphatic rings. The normalized spacial score (nSPS) is 12.8. The van der Waals surface area contributed by atoms with Crippen LogP contribution in [0.3, 0.4) is 0 Å². The lowest BCUT2D eigenvalue weighted by Crippen LogP contribution is -2.35. The van der Waals surface area contributed by atoms with E-state index >= 15 is 0 Å². The van der Waals surface area contributed by atoms with E-state index in [0.29, 0.717) is 11.5 Å². The smallest absolute Gasteiger partial charge is 0.00603 e. The number of hydrogen-bond donors (Lipinski definition) is 1. The maximum Gasteiger partial charge on any atom is 0.00603 e. The van der Waals surface area contributed by atoms with Crippen LogP contribution in [0.25, 0.3) is 0 Å². The van der Waals surface area contributed by atoms with Gasteiger partial charge in [0.1, 0.15) is 0 Å². The van der Waals surface area contributed by atoms with Crippen molar-refractivity contribution in [3.8, 4) is 0 Å². The number of hydrogen-bond acceptors (Lipinski definition) is 2. The number of rotatable bonds is 9. The van der Waals surface area contributed by atoms with Gasteiger partial charge in [-0.25, -0.2) is 0 Å². The van der Waals surface area contributed by atoms with Gasteiger partial charge >= 0.3 is 0 Å². The molecule has 98 valence electrons. The predicted octanol–water partition coefficient (Wildman–Crippen LogP) is 3.18. The summed E-state index contributed by atoms with van der Waals surface area (Å²) < 4.78 is 2.53. The van der Waals surface area contributed by atoms with Crippen molar-refractivity contribution < 1.29 is 0 Å². The van der Waals surface area contributed by atoms with Crippen LogP contribution in [0, 0.1) is 5.41 Å². The fourth-order valence-corrected chi connectivity index (χ4v) is 4.59. The van der Waals surface area contributed by atoms with Gasteiger partial charge in [0.2, 0.25) is 0 Å². The summed E-state index contributed by atoms with van der Waals surface area (Å²) in [4.78, 5) is 2.45. The van der Waals surface area contributed by atoms with Crippen LogP contribution in [0.1, 0.15) is 26.7 Å². The lowest BCUT2D eigenvalue weighted by molar-refractivity contribution is 0.218. The molecular formula is C12H26I2N2. The van der Waals surface area contributed by atoms with Gasteiger partial charge in [-0.1, -0.05) is 45.2 Å². The van der Waals surface area contributed by atoms with E-state index < -0.39 is 0 Å². The van der Waals surface area contributed by atoms with E-state index in [9.17, 15) is 0 Å². The second-order valence-corrected chi connectivity index (χ2v) is 6.47. The van der Waals surface area contributed by atoms with Crippen molar-refractivity contribution >= 4 is 45.2 Å². The molecule has 0 atom stereocenters. The molecule has 1 N–H and O–H groups in total. The Labute approximate surface area is 129 Å². The highest BCUT2D eigenvalue weighted by Gasteiger charge is 2.27. The fraction of sp³-hybridized carbons (Fsp3) is 1.00. The molecule has 0 saturated carbocycles. The number of alkyl halides is 2. The molecule has 0 amide bonds. The van der Waals surface area contributed by atoms with E-state index in [1.54, 1.807) is 0 Å². The molecule has 0 aromatic carbocycles. The van der Waals surface area contributed by atoms with Crippen molar-refractivity contribution in [2.75, 3.05) is 36.0 Å². The molecule has 0 aromatic rings. The van der Waals surface area contributed by atoms with Gasteiger partial charge in [0.05, 0.1) is 0 Å². The van der Waals surface area contributed by atoms with Crippen molar-refractivity contribution in [1.29, 1.82) is 0 Å². The molecule has 0 rings (SSSR count). The standard InChI is InChI=1S/C12H26I2N2/c1-11(2)16(4)8-6-12(9-13,10-14)5-7-15-3/h11,15H,5-10H2,1-4H3. The van der Waals surface area contributed by atoms with Gasteiger partial charge in [-0.05, 0) is 59.3 Å². The first kappa shape index (κ1) is 17.4. The van der Waals surface area contributed by atoms with Crippen molar-refractivity contribution in [3.63, 3.8) is 0 Å². The molecule has 0 bridgehead atoms. The minimum absolute atomic E-state index is 0.521. The summed E-state index contributed by atoms with van der Waals surface area (Å²) >= 11 is 5.11. The minimum atomic E-state index is 0.521. The quantitative estimate of drug-likeness (QED) is 0.427. The molecule has 2 nitrogen and oxygen atoms in total. The molecule has 0 saturated heterocycles. The summed E-state index contributed by atoms with van der Waals surface area (Å²) in [5.41, 5.74) is 0.521. The molecule has 16 heavy (non-hydrogen) atoms. The summed E-state index contributed by atoms with van der Waals surface area (Å²) in [7, 11) is 4.28. The maximum absolute atomic E-state index is 3.28. The molecule has 0 spiro atoms. The van der Waals surface area contributed by atoms with Crippen LogP contribution < -0.4 is 5.32 Å². The Hall–Kier alpha value is 1.38. The van der Waals surface area contributed by atoms with E-state index in [0.717, 1.165) is 6.54 Å². The molecule has 0 aliphatic heterocycles. The van der Waals surface area contributed by atoms with Gasteiger partial charge in [-0.3, -0.25) is 0 Å². The molecule has 0 aliphatic carbocycles. The van der Waals surface area contributed by atoms with Crippen LogP contribution in [0.2, 0.25) is 0 Å². The van der Waals surface area contributed by atoms with Crippen molar-refractivity contribution in [3.05, 3.63) is 0 Å². The van der Waals surface area contributed by atoms with Gasteiger partial charge in [0.15, 0.2) is 0 Å². The Morgan fingerprint density at radius 1 is 1.19 bits per heavy atom. The lowest BCUT2D eigenvalue weighted by atomic mass is 9.85. The van der Waals surface area contributed by atoms with Gasteiger partial charge in [-0.2, -0.15) is 0 Å². The summed E-state index contributed by atoms with van der Waals surface area (Å²) in [6.07, 6.45) is 2.61. The van der Waals surface area contributed by atoms with Crippen molar-refractivity contribution in [2.24, 2.45) is 5.41 Å². The summed E-state index contributed by atoms with van der Waals surface area (Å²) in [6, 6.07) is 0.658. The molecule has 0 heterocycles. The van der Waals surface area contributed by atoms with E-state index in [-0.39, 0.29) is 0 Å². The van der Waals surface area contributed by atoms with Gasteiger partial charge in [0.25, 0.3) is 0 Å². The number of nitrogens with zero attached hydrogens (tertiary/aromatic N) is 1. The van der Waals surface area contributed by atoms with E-state index in [2.05, 4.69) is 76.3 Å². The average molecular weight is 452 g/mol. The van der Waals surface area contributed by atoms with E-state index in [1.165, 1.54) is 28.2 Å². The Morgan fingerprint density at radius 2 is 1.75 bits per heavy atom. The monoisotopic (exact) mass is 452 g/mol. The zero-order valence-electron chi connectivity index (χ0n) is 11.0. The van der Waals surface area contributed by atoms with Crippen LogP contribution >= 0.6 is 45.2 Å². The summed E-state index contributed by atoms with van der Waals surface area (Å²) in [6.45, 7) is 6.89. The Kier molecular flexibility index (Phi) is 10.1. The largest absolute Gasteiger partial charge is 0.320 e. The SMILES string of the molecule is CNCCC(CI)(CI)CCN(C)C(C)C. The lowest BCUT2D eigenvalue weighted by Gasteiger charge is -2.33. The molecule has 0 radical (unpaired) electrons. The Morgan fingerprint density at radius 3 is 2.12 bits per heavy atom. The van der Waals surface area contributed by atoms with Crippen LogP contribution in [-0.2, 0) is 0 Å². The highest BCUT2D eigenvalue weighted by molar-refractivity contribution is 14.1. The molecule has 0 aromatic heterocycles. The van der Waals surface area contributed by atoms with Crippen molar-refractivity contribution in [1.82, 2.24) is 10.2 Å². The van der Waals surface area contributed by atoms with Crippen LogP contribution in [0.4, 0.5) is 0 Å². The third-order valence-corrected chi connectivity index (χ3v) is 6.58. The third kappa shape index (κ3) is 6.35. The summed E-state index contributed by atoms with van der Waals surface area (Å²) in [5, 5.41) is 3.28. The Bertz CT molecular complexity index is 170.